The van der Waals surface area contributed by atoms with E-state index in [1.54, 1.807) is 24.3 Å². The molecule has 0 unspecified atom stereocenters. The lowest BCUT2D eigenvalue weighted by Gasteiger charge is -2.18. The summed E-state index contributed by atoms with van der Waals surface area (Å²) in [6, 6.07) is 1.87. The maximum atomic E-state index is 12.1. The van der Waals surface area contributed by atoms with E-state index in [2.05, 4.69) is 15.4 Å². The van der Waals surface area contributed by atoms with Crippen LogP contribution < -0.4 is 0 Å². The number of nitrogens with zero attached hydrogens (tertiary/aromatic N) is 5. The topological polar surface area (TPSA) is 77.1 Å². The lowest BCUT2D eigenvalue weighted by molar-refractivity contribution is -0.130. The van der Waals surface area contributed by atoms with Gasteiger partial charge in [-0.1, -0.05) is 16.8 Å². The van der Waals surface area contributed by atoms with Gasteiger partial charge >= 0.3 is 0 Å². The highest BCUT2D eigenvalue weighted by Crippen LogP contribution is 2.12. The van der Waals surface area contributed by atoms with Crippen molar-refractivity contribution in [1.82, 2.24) is 24.8 Å². The number of carbonyl (C=O) groups is 1. The SMILES string of the molecule is CC(C)n1cnnc1CN(C)C(=O)CCc1cc(Cl)no1. The van der Waals surface area contributed by atoms with E-state index in [1.165, 1.54) is 0 Å². The molecule has 2 aromatic heterocycles. The average Bonchev–Trinajstić information content (AvgIpc) is 3.04. The summed E-state index contributed by atoms with van der Waals surface area (Å²) in [4.78, 5) is 13.7. The summed E-state index contributed by atoms with van der Waals surface area (Å²) in [6.45, 7) is 4.51. The normalized spacial score (nSPS) is 11.1. The molecule has 2 aromatic rings. The van der Waals surface area contributed by atoms with E-state index in [0.29, 0.717) is 30.3 Å². The minimum atomic E-state index is 0.000767. The summed E-state index contributed by atoms with van der Waals surface area (Å²) in [6.07, 6.45) is 2.48. The molecular formula is C13H18ClN5O2. The Labute approximate surface area is 127 Å². The molecule has 2 heterocycles. The van der Waals surface area contributed by atoms with E-state index < -0.39 is 0 Å². The summed E-state index contributed by atoms with van der Waals surface area (Å²) >= 11 is 5.66. The van der Waals surface area contributed by atoms with Crippen LogP contribution in [0.15, 0.2) is 16.9 Å². The first-order chi connectivity index (χ1) is 9.97. The molecule has 0 N–H and O–H groups in total. The van der Waals surface area contributed by atoms with Crippen LogP contribution in [-0.4, -0.2) is 37.8 Å². The van der Waals surface area contributed by atoms with Gasteiger partial charge in [-0.2, -0.15) is 0 Å². The summed E-state index contributed by atoms with van der Waals surface area (Å²) in [5, 5.41) is 11.8. The Balaban J connectivity index is 1.89. The van der Waals surface area contributed by atoms with Crippen molar-refractivity contribution in [2.75, 3.05) is 7.05 Å². The van der Waals surface area contributed by atoms with Crippen LogP contribution in [0, 0.1) is 0 Å². The molecule has 0 atom stereocenters. The van der Waals surface area contributed by atoms with Crippen LogP contribution in [0.25, 0.3) is 0 Å². The number of rotatable bonds is 6. The number of carbonyl (C=O) groups excluding carboxylic acids is 1. The Morgan fingerprint density at radius 1 is 1.52 bits per heavy atom. The van der Waals surface area contributed by atoms with Gasteiger partial charge in [0.1, 0.15) is 12.1 Å². The van der Waals surface area contributed by atoms with Gasteiger partial charge in [-0.25, -0.2) is 0 Å². The van der Waals surface area contributed by atoms with Gasteiger partial charge in [0.15, 0.2) is 11.0 Å². The summed E-state index contributed by atoms with van der Waals surface area (Å²) in [7, 11) is 1.75. The molecule has 0 aromatic carbocycles. The maximum absolute atomic E-state index is 12.1. The van der Waals surface area contributed by atoms with E-state index in [0.717, 1.165) is 5.82 Å². The molecule has 114 valence electrons. The van der Waals surface area contributed by atoms with Crippen LogP contribution in [-0.2, 0) is 17.8 Å². The average molecular weight is 312 g/mol. The number of hydrogen-bond acceptors (Lipinski definition) is 5. The third-order valence-corrected chi connectivity index (χ3v) is 3.30. The Hall–Kier alpha value is -1.89. The standard InChI is InChI=1S/C13H18ClN5O2/c1-9(2)19-8-15-16-12(19)7-18(3)13(20)5-4-10-6-11(14)17-21-10/h6,8-9H,4-5,7H2,1-3H3. The maximum Gasteiger partial charge on any atom is 0.223 e. The molecule has 8 heteroatoms. The van der Waals surface area contributed by atoms with Crippen molar-refractivity contribution in [1.29, 1.82) is 0 Å². The molecule has 0 radical (unpaired) electrons. The largest absolute Gasteiger partial charge is 0.360 e. The highest BCUT2D eigenvalue weighted by atomic mass is 35.5. The van der Waals surface area contributed by atoms with Crippen LogP contribution in [0.1, 0.15) is 37.9 Å². The van der Waals surface area contributed by atoms with E-state index in [1.807, 2.05) is 18.4 Å². The van der Waals surface area contributed by atoms with Gasteiger partial charge in [0, 0.05) is 32.0 Å². The van der Waals surface area contributed by atoms with Crippen molar-refractivity contribution < 1.29 is 9.32 Å². The first-order valence-corrected chi connectivity index (χ1v) is 7.08. The van der Waals surface area contributed by atoms with Crippen molar-refractivity contribution in [2.45, 2.75) is 39.3 Å². The lowest BCUT2D eigenvalue weighted by Crippen LogP contribution is -2.28. The summed E-state index contributed by atoms with van der Waals surface area (Å²) < 4.78 is 6.92. The van der Waals surface area contributed by atoms with Gasteiger partial charge in [-0.05, 0) is 13.8 Å². The molecule has 0 bridgehead atoms. The lowest BCUT2D eigenvalue weighted by atomic mass is 10.2. The Bertz CT molecular complexity index is 607. The van der Waals surface area contributed by atoms with Crippen LogP contribution in [0.3, 0.4) is 0 Å². The monoisotopic (exact) mass is 311 g/mol. The van der Waals surface area contributed by atoms with E-state index >= 15 is 0 Å². The zero-order valence-electron chi connectivity index (χ0n) is 12.3. The minimum Gasteiger partial charge on any atom is -0.360 e. The molecule has 0 aliphatic heterocycles. The molecule has 21 heavy (non-hydrogen) atoms. The molecule has 0 spiro atoms. The van der Waals surface area contributed by atoms with E-state index in [4.69, 9.17) is 16.1 Å². The van der Waals surface area contributed by atoms with Crippen LogP contribution >= 0.6 is 11.6 Å². The molecule has 0 aliphatic rings. The van der Waals surface area contributed by atoms with E-state index in [-0.39, 0.29) is 11.9 Å². The number of aromatic nitrogens is 4. The van der Waals surface area contributed by atoms with Gasteiger partial charge in [-0.3, -0.25) is 4.79 Å². The van der Waals surface area contributed by atoms with E-state index in [9.17, 15) is 4.79 Å². The second-order valence-electron chi connectivity index (χ2n) is 5.11. The molecule has 0 fully saturated rings. The first-order valence-electron chi connectivity index (χ1n) is 6.70. The molecule has 1 amide bonds. The second kappa shape index (κ2) is 6.71. The van der Waals surface area contributed by atoms with Crippen molar-refractivity contribution in [2.24, 2.45) is 0 Å². The highest BCUT2D eigenvalue weighted by molar-refractivity contribution is 6.29. The van der Waals surface area contributed by atoms with Crippen molar-refractivity contribution >= 4 is 17.5 Å². The van der Waals surface area contributed by atoms with Gasteiger partial charge in [0.05, 0.1) is 6.54 Å². The predicted molar refractivity (Wildman–Crippen MR) is 76.7 cm³/mol. The van der Waals surface area contributed by atoms with Gasteiger partial charge in [-0.15, -0.1) is 10.2 Å². The molecule has 0 saturated carbocycles. The quantitative estimate of drug-likeness (QED) is 0.816. The third-order valence-electron chi connectivity index (χ3n) is 3.12. The van der Waals surface area contributed by atoms with Gasteiger partial charge in [0.25, 0.3) is 0 Å². The smallest absolute Gasteiger partial charge is 0.223 e. The molecule has 7 nitrogen and oxygen atoms in total. The molecule has 2 rings (SSSR count). The Kier molecular flexibility index (Phi) is 4.95. The summed E-state index contributed by atoms with van der Waals surface area (Å²) in [5.74, 6) is 1.37. The molecule has 0 saturated heterocycles. The number of halogens is 1. The first kappa shape index (κ1) is 15.5. The number of aryl methyl sites for hydroxylation is 1. The highest BCUT2D eigenvalue weighted by Gasteiger charge is 2.15. The number of amides is 1. The fourth-order valence-corrected chi connectivity index (χ4v) is 2.09. The van der Waals surface area contributed by atoms with Crippen molar-refractivity contribution in [3.63, 3.8) is 0 Å². The molecule has 0 aliphatic carbocycles. The fraction of sp³-hybridized carbons (Fsp3) is 0.538. The van der Waals surface area contributed by atoms with Gasteiger partial charge in [0.2, 0.25) is 5.91 Å². The van der Waals surface area contributed by atoms with Crippen LogP contribution in [0.4, 0.5) is 0 Å². The fourth-order valence-electron chi connectivity index (χ4n) is 1.94. The van der Waals surface area contributed by atoms with Crippen LogP contribution in [0.5, 0.6) is 0 Å². The second-order valence-corrected chi connectivity index (χ2v) is 5.50. The zero-order chi connectivity index (χ0) is 15.4. The van der Waals surface area contributed by atoms with Gasteiger partial charge < -0.3 is 14.0 Å². The molecular weight excluding hydrogens is 294 g/mol. The van der Waals surface area contributed by atoms with Crippen LogP contribution in [0.2, 0.25) is 5.15 Å². The Morgan fingerprint density at radius 2 is 2.29 bits per heavy atom. The Morgan fingerprint density at radius 3 is 2.90 bits per heavy atom. The third kappa shape index (κ3) is 4.04. The van der Waals surface area contributed by atoms with Crippen molar-refractivity contribution in [3.8, 4) is 0 Å². The predicted octanol–water partition coefficient (Wildman–Crippen LogP) is 2.09. The zero-order valence-corrected chi connectivity index (χ0v) is 13.0. The summed E-state index contributed by atoms with van der Waals surface area (Å²) in [5.41, 5.74) is 0. The number of hydrogen-bond donors (Lipinski definition) is 0. The minimum absolute atomic E-state index is 0.000767. The van der Waals surface area contributed by atoms with Crippen molar-refractivity contribution in [3.05, 3.63) is 29.1 Å².